The Morgan fingerprint density at radius 2 is 2.22 bits per heavy atom. The first-order valence-electron chi connectivity index (χ1n) is 12.7. The predicted octanol–water partition coefficient (Wildman–Crippen LogP) is 3.21. The lowest BCUT2D eigenvalue weighted by molar-refractivity contribution is -0.114. The molecular weight excluding hydrogens is 440 g/mol. The maximum atomic E-state index is 12.3. The zero-order valence-electron chi connectivity index (χ0n) is 24.6. The van der Waals surface area contributed by atoms with Crippen LogP contribution < -0.4 is 21.0 Å². The van der Waals surface area contributed by atoms with E-state index in [1.165, 1.54) is 19.9 Å². The topological polar surface area (TPSA) is 159 Å². The Bertz CT molecular complexity index is 1410. The minimum atomic E-state index is -3.09. The number of halogens is 1. The van der Waals surface area contributed by atoms with E-state index < -0.39 is 71.4 Å². The van der Waals surface area contributed by atoms with Crippen LogP contribution in [-0.2, 0) is 9.53 Å². The molecular formula is C20H21ClN6O5. The Labute approximate surface area is 199 Å². The van der Waals surface area contributed by atoms with Crippen LogP contribution in [0.1, 0.15) is 48.6 Å². The Hall–Kier alpha value is -3.91. The summed E-state index contributed by atoms with van der Waals surface area (Å²) in [5.41, 5.74) is -0.778. The molecule has 0 atom stereocenters. The number of anilines is 1. The van der Waals surface area contributed by atoms with Crippen LogP contribution in [0.4, 0.5) is 10.5 Å². The Morgan fingerprint density at radius 3 is 2.88 bits per heavy atom. The first-order chi connectivity index (χ1) is 18.4. The Balaban J connectivity index is 2.48. The van der Waals surface area contributed by atoms with Crippen LogP contribution in [0.15, 0.2) is 28.0 Å². The van der Waals surface area contributed by atoms with Gasteiger partial charge < -0.3 is 9.47 Å². The number of carbonyl (C=O) groups is 2. The highest BCUT2D eigenvalue weighted by Crippen LogP contribution is 2.35. The molecule has 0 saturated carbocycles. The van der Waals surface area contributed by atoms with Gasteiger partial charge in [0.2, 0.25) is 11.6 Å². The lowest BCUT2D eigenvalue weighted by atomic mass is 10.1. The summed E-state index contributed by atoms with van der Waals surface area (Å²) in [7, 11) is 0. The summed E-state index contributed by atoms with van der Waals surface area (Å²) in [4.78, 5) is 35.7. The number of carbonyl (C=O) groups excluding carboxylic acids is 2. The van der Waals surface area contributed by atoms with Crippen molar-refractivity contribution in [2.45, 2.75) is 33.5 Å². The number of benzene rings is 1. The van der Waals surface area contributed by atoms with Gasteiger partial charge in [-0.05, 0) is 37.4 Å². The number of hydrazone groups is 1. The van der Waals surface area contributed by atoms with E-state index in [1.54, 1.807) is 5.32 Å². The number of H-pyrrole nitrogens is 1. The van der Waals surface area contributed by atoms with E-state index in [0.29, 0.717) is 0 Å². The minimum absolute atomic E-state index is 0.0362. The lowest BCUT2D eigenvalue weighted by Crippen LogP contribution is -2.36. The van der Waals surface area contributed by atoms with E-state index in [9.17, 15) is 19.6 Å². The van der Waals surface area contributed by atoms with Crippen LogP contribution >= 0.6 is 11.6 Å². The number of amides is 2. The predicted molar refractivity (Wildman–Crippen MR) is 117 cm³/mol. The highest BCUT2D eigenvalue weighted by molar-refractivity contribution is 6.46. The monoisotopic (exact) mass is 468 g/mol. The average molecular weight is 469 g/mol. The molecule has 12 heteroatoms. The second-order valence-corrected chi connectivity index (χ2v) is 6.16. The van der Waals surface area contributed by atoms with Gasteiger partial charge in [-0.15, -0.1) is 5.10 Å². The molecule has 0 bridgehead atoms. The van der Waals surface area contributed by atoms with Gasteiger partial charge in [-0.2, -0.15) is 10.4 Å². The number of hydrogen-bond acceptors (Lipinski definition) is 9. The van der Waals surface area contributed by atoms with Gasteiger partial charge in [0.25, 0.3) is 11.5 Å². The van der Waals surface area contributed by atoms with Gasteiger partial charge in [0, 0.05) is 19.9 Å². The van der Waals surface area contributed by atoms with Crippen molar-refractivity contribution in [2.75, 3.05) is 12.0 Å². The van der Waals surface area contributed by atoms with Gasteiger partial charge in [-0.1, -0.05) is 25.3 Å². The van der Waals surface area contributed by atoms with Gasteiger partial charge in [0.05, 0.1) is 20.1 Å². The quantitative estimate of drug-likeness (QED) is 0.412. The number of imide groups is 1. The zero-order valence-corrected chi connectivity index (χ0v) is 17.4. The van der Waals surface area contributed by atoms with Gasteiger partial charge in [-0.3, -0.25) is 20.3 Å². The van der Waals surface area contributed by atoms with Gasteiger partial charge in [0.15, 0.2) is 5.75 Å². The van der Waals surface area contributed by atoms with Crippen molar-refractivity contribution >= 4 is 35.0 Å². The molecule has 0 fully saturated rings. The molecule has 0 aliphatic rings. The average Bonchev–Trinajstić information content (AvgIpc) is 2.83. The van der Waals surface area contributed by atoms with Crippen LogP contribution in [0.3, 0.4) is 0 Å². The van der Waals surface area contributed by atoms with E-state index in [-0.39, 0.29) is 23.6 Å². The molecule has 1 aromatic carbocycles. The number of hydrogen-bond donors (Lipinski definition) is 3. The molecule has 3 N–H and O–H groups in total. The minimum Gasteiger partial charge on any atom is -0.450 e. The number of nitrogens with one attached hydrogen (secondary N) is 3. The number of alkyl carbamates (subject to hydrolysis) is 1. The van der Waals surface area contributed by atoms with Crippen molar-refractivity contribution in [3.63, 3.8) is 0 Å². The first kappa shape index (κ1) is 15.0. The molecule has 2 aromatic rings. The molecule has 0 radical (unpaired) electrons. The summed E-state index contributed by atoms with van der Waals surface area (Å²) in [5, 5.41) is 19.6. The Morgan fingerprint density at radius 1 is 1.47 bits per heavy atom. The van der Waals surface area contributed by atoms with Crippen LogP contribution in [-0.4, -0.2) is 34.5 Å². The van der Waals surface area contributed by atoms with E-state index in [2.05, 4.69) is 20.4 Å². The fourth-order valence-corrected chi connectivity index (χ4v) is 2.39. The van der Waals surface area contributed by atoms with Gasteiger partial charge >= 0.3 is 6.09 Å². The standard InChI is InChI=1S/C20H21ClN6O5/c1-5-31-20(30)23-19(29)15(9-22)25-24-12-6-11(4)17(14(21)7-12)32-16-8-13(10(2)3)18(28)27-26-16/h6-8,10,24H,5H2,1-4H3,(H,27,28)(H,23,29,30)/b25-15+/i2D3,3D3,6D,7D. The first-order valence-corrected chi connectivity index (χ1v) is 9.10. The van der Waals surface area contributed by atoms with Crippen molar-refractivity contribution < 1.29 is 30.0 Å². The molecule has 0 spiro atoms. The van der Waals surface area contributed by atoms with Crippen LogP contribution in [0.5, 0.6) is 11.6 Å². The highest BCUT2D eigenvalue weighted by atomic mass is 35.5. The number of nitrogens with zero attached hydrogens (tertiary/aromatic N) is 3. The van der Waals surface area contributed by atoms with Gasteiger partial charge in [-0.25, -0.2) is 9.89 Å². The molecule has 0 aliphatic heterocycles. The molecule has 0 aliphatic carbocycles. The molecule has 0 saturated heterocycles. The number of aromatic amines is 1. The smallest absolute Gasteiger partial charge is 0.414 e. The normalized spacial score (nSPS) is 15.4. The third-order valence-corrected chi connectivity index (χ3v) is 3.77. The molecule has 0 unspecified atom stereocenters. The zero-order chi connectivity index (χ0) is 30.6. The number of ether oxygens (including phenoxy) is 2. The van der Waals surface area contributed by atoms with E-state index in [0.717, 1.165) is 6.07 Å². The maximum Gasteiger partial charge on any atom is 0.414 e. The second-order valence-electron chi connectivity index (χ2n) is 5.78. The largest absolute Gasteiger partial charge is 0.450 e. The van der Waals surface area contributed by atoms with E-state index >= 15 is 0 Å². The molecule has 11 nitrogen and oxygen atoms in total. The van der Waals surface area contributed by atoms with Crippen LogP contribution in [0, 0.1) is 18.3 Å². The lowest BCUT2D eigenvalue weighted by Gasteiger charge is -2.13. The SMILES string of the molecule is [2H]c1c(C)c(Oc2cc(C(C([2H])([2H])[2H])C([2H])([2H])[2H])c(=O)[nH]n2)c(Cl)c([2H])c1N/N=C(\C#N)C(=O)NC(=O)OCC. The molecule has 168 valence electrons. The third-order valence-electron chi connectivity index (χ3n) is 3.51. The van der Waals surface area contributed by atoms with Gasteiger partial charge in [0.1, 0.15) is 6.07 Å². The number of nitriles is 1. The number of aromatic nitrogens is 2. The van der Waals surface area contributed by atoms with Crippen molar-refractivity contribution in [3.8, 4) is 17.7 Å². The summed E-state index contributed by atoms with van der Waals surface area (Å²) in [6.07, 6.45) is -1.12. The van der Waals surface area contributed by atoms with Crippen LogP contribution in [0.25, 0.3) is 0 Å². The molecule has 1 aromatic heterocycles. The van der Waals surface area contributed by atoms with Crippen molar-refractivity contribution in [3.05, 3.63) is 44.7 Å². The molecule has 2 amide bonds. The summed E-state index contributed by atoms with van der Waals surface area (Å²) in [6.45, 7) is -3.39. The number of rotatable bonds is 7. The third kappa shape index (κ3) is 6.29. The highest BCUT2D eigenvalue weighted by Gasteiger charge is 2.16. The van der Waals surface area contributed by atoms with Crippen molar-refractivity contribution in [1.82, 2.24) is 15.5 Å². The summed E-state index contributed by atoms with van der Waals surface area (Å²) >= 11 is 6.25. The fourth-order valence-electron chi connectivity index (χ4n) is 2.11. The molecule has 1 heterocycles. The molecule has 2 rings (SSSR count). The fraction of sp³-hybridized carbons (Fsp3) is 0.300. The Kier molecular flexibility index (Phi) is 5.11. The van der Waals surface area contributed by atoms with E-state index in [4.69, 9.17) is 27.3 Å². The summed E-state index contributed by atoms with van der Waals surface area (Å²) in [5.74, 6) is -4.21. The van der Waals surface area contributed by atoms with Crippen molar-refractivity contribution in [2.24, 2.45) is 5.10 Å². The second kappa shape index (κ2) is 10.9. The van der Waals surface area contributed by atoms with E-state index in [1.807, 2.05) is 5.10 Å². The molecule has 32 heavy (non-hydrogen) atoms. The van der Waals surface area contributed by atoms with Crippen LogP contribution in [0.2, 0.25) is 5.02 Å². The summed E-state index contributed by atoms with van der Waals surface area (Å²) in [6, 6.07) is 1.22. The summed E-state index contributed by atoms with van der Waals surface area (Å²) < 4.78 is 72.2. The maximum absolute atomic E-state index is 12.3. The van der Waals surface area contributed by atoms with Crippen molar-refractivity contribution in [1.29, 1.82) is 5.26 Å².